The van der Waals surface area contributed by atoms with Gasteiger partial charge >= 0.3 is 5.97 Å². The maximum absolute atomic E-state index is 12.4. The number of esters is 1. The molecule has 1 atom stereocenters. The highest BCUT2D eigenvalue weighted by Gasteiger charge is 2.20. The van der Waals surface area contributed by atoms with Crippen LogP contribution in [0.15, 0.2) is 36.4 Å². The third-order valence-corrected chi connectivity index (χ3v) is 4.61. The second-order valence-corrected chi connectivity index (χ2v) is 7.10. The Morgan fingerprint density at radius 2 is 1.56 bits per heavy atom. The largest absolute Gasteiger partial charge is 0.490 e. The summed E-state index contributed by atoms with van der Waals surface area (Å²) in [5, 5.41) is 5.27. The van der Waals surface area contributed by atoms with E-state index in [-0.39, 0.29) is 6.54 Å². The summed E-state index contributed by atoms with van der Waals surface area (Å²) < 4.78 is 16.1. The quantitative estimate of drug-likeness (QED) is 0.547. The number of para-hydroxylation sites is 1. The number of ether oxygens (including phenoxy) is 3. The van der Waals surface area contributed by atoms with Crippen LogP contribution >= 0.6 is 0 Å². The van der Waals surface area contributed by atoms with Crippen LogP contribution in [0.5, 0.6) is 11.5 Å². The predicted octanol–water partition coefficient (Wildman–Crippen LogP) is 3.40. The Hall–Kier alpha value is -3.55. The van der Waals surface area contributed by atoms with Crippen molar-refractivity contribution < 1.29 is 28.6 Å². The SMILES string of the molecule is CCOc1ccc(C(=O)NCC(=O)OC(C)C(=O)Nc2c(C)cccc2C)cc1OCC. The van der Waals surface area contributed by atoms with Crippen LogP contribution in [0.2, 0.25) is 0 Å². The first-order valence-electron chi connectivity index (χ1n) is 10.5. The molecule has 2 aromatic rings. The lowest BCUT2D eigenvalue weighted by molar-refractivity contribution is -0.152. The van der Waals surface area contributed by atoms with Crippen LogP contribution < -0.4 is 20.1 Å². The molecule has 8 heteroatoms. The minimum Gasteiger partial charge on any atom is -0.490 e. The van der Waals surface area contributed by atoms with Gasteiger partial charge in [-0.15, -0.1) is 0 Å². The summed E-state index contributed by atoms with van der Waals surface area (Å²) in [7, 11) is 0. The van der Waals surface area contributed by atoms with Gasteiger partial charge in [-0.2, -0.15) is 0 Å². The van der Waals surface area contributed by atoms with Gasteiger partial charge in [-0.25, -0.2) is 0 Å². The molecule has 0 saturated carbocycles. The predicted molar refractivity (Wildman–Crippen MR) is 121 cm³/mol. The van der Waals surface area contributed by atoms with Crippen LogP contribution in [0, 0.1) is 13.8 Å². The molecule has 0 fully saturated rings. The van der Waals surface area contributed by atoms with Crippen molar-refractivity contribution in [2.75, 3.05) is 25.1 Å². The summed E-state index contributed by atoms with van der Waals surface area (Å²) in [5.41, 5.74) is 2.82. The zero-order valence-electron chi connectivity index (χ0n) is 19.1. The lowest BCUT2D eigenvalue weighted by Gasteiger charge is -2.16. The van der Waals surface area contributed by atoms with Crippen molar-refractivity contribution in [2.45, 2.75) is 40.7 Å². The third-order valence-electron chi connectivity index (χ3n) is 4.61. The topological polar surface area (TPSA) is 103 Å². The van der Waals surface area contributed by atoms with E-state index < -0.39 is 23.9 Å². The Bertz CT molecular complexity index is 953. The van der Waals surface area contributed by atoms with E-state index in [1.54, 1.807) is 18.2 Å². The van der Waals surface area contributed by atoms with Crippen LogP contribution in [0.25, 0.3) is 0 Å². The molecule has 1 unspecified atom stereocenters. The lowest BCUT2D eigenvalue weighted by Crippen LogP contribution is -2.36. The van der Waals surface area contributed by atoms with E-state index in [0.717, 1.165) is 11.1 Å². The van der Waals surface area contributed by atoms with Gasteiger partial charge in [0.15, 0.2) is 17.6 Å². The highest BCUT2D eigenvalue weighted by Crippen LogP contribution is 2.28. The van der Waals surface area contributed by atoms with Crippen molar-refractivity contribution in [3.05, 3.63) is 53.1 Å². The lowest BCUT2D eigenvalue weighted by atomic mass is 10.1. The molecule has 0 aliphatic heterocycles. The minimum atomic E-state index is -1.02. The van der Waals surface area contributed by atoms with Gasteiger partial charge in [-0.3, -0.25) is 14.4 Å². The van der Waals surface area contributed by atoms with Gasteiger partial charge in [0.1, 0.15) is 6.54 Å². The summed E-state index contributed by atoms with van der Waals surface area (Å²) in [6.07, 6.45) is -1.02. The first kappa shape index (κ1) is 24.7. The molecule has 2 N–H and O–H groups in total. The van der Waals surface area contributed by atoms with Crippen molar-refractivity contribution in [3.63, 3.8) is 0 Å². The van der Waals surface area contributed by atoms with E-state index in [9.17, 15) is 14.4 Å². The Morgan fingerprint density at radius 3 is 2.19 bits per heavy atom. The fourth-order valence-electron chi connectivity index (χ4n) is 2.98. The summed E-state index contributed by atoms with van der Waals surface area (Å²) >= 11 is 0. The average molecular weight is 443 g/mol. The molecule has 0 radical (unpaired) electrons. The minimum absolute atomic E-state index is 0.311. The molecule has 8 nitrogen and oxygen atoms in total. The van der Waals surface area contributed by atoms with E-state index in [1.807, 2.05) is 45.9 Å². The van der Waals surface area contributed by atoms with Gasteiger partial charge < -0.3 is 24.8 Å². The van der Waals surface area contributed by atoms with Crippen molar-refractivity contribution in [1.82, 2.24) is 5.32 Å². The smallest absolute Gasteiger partial charge is 0.326 e. The van der Waals surface area contributed by atoms with E-state index in [0.29, 0.717) is 36.0 Å². The number of hydrogen-bond donors (Lipinski definition) is 2. The first-order valence-corrected chi connectivity index (χ1v) is 10.5. The molecule has 0 heterocycles. The zero-order valence-corrected chi connectivity index (χ0v) is 19.1. The Balaban J connectivity index is 1.91. The van der Waals surface area contributed by atoms with E-state index in [2.05, 4.69) is 10.6 Å². The normalized spacial score (nSPS) is 11.3. The zero-order chi connectivity index (χ0) is 23.7. The highest BCUT2D eigenvalue weighted by molar-refractivity contribution is 5.98. The molecule has 0 aliphatic rings. The fourth-order valence-corrected chi connectivity index (χ4v) is 2.98. The van der Waals surface area contributed by atoms with E-state index in [4.69, 9.17) is 14.2 Å². The molecule has 0 bridgehead atoms. The van der Waals surface area contributed by atoms with Crippen LogP contribution in [-0.2, 0) is 14.3 Å². The van der Waals surface area contributed by atoms with Crippen LogP contribution in [0.3, 0.4) is 0 Å². The van der Waals surface area contributed by atoms with E-state index in [1.165, 1.54) is 6.92 Å². The molecule has 2 amide bonds. The van der Waals surface area contributed by atoms with Crippen LogP contribution in [-0.4, -0.2) is 43.6 Å². The van der Waals surface area contributed by atoms with Crippen molar-refractivity contribution in [2.24, 2.45) is 0 Å². The number of amides is 2. The summed E-state index contributed by atoms with van der Waals surface area (Å²) in [4.78, 5) is 36.9. The number of nitrogens with one attached hydrogen (secondary N) is 2. The van der Waals surface area contributed by atoms with Crippen LogP contribution in [0.4, 0.5) is 5.69 Å². The summed E-state index contributed by atoms with van der Waals surface area (Å²) in [6, 6.07) is 10.4. The Morgan fingerprint density at radius 1 is 0.938 bits per heavy atom. The van der Waals surface area contributed by atoms with Gasteiger partial charge in [-0.1, -0.05) is 18.2 Å². The molecule has 2 aromatic carbocycles. The third kappa shape index (κ3) is 6.73. The standard InChI is InChI=1S/C24H30N2O6/c1-6-30-19-12-11-18(13-20(19)31-7-2)24(29)25-14-21(27)32-17(5)23(28)26-22-15(3)9-8-10-16(22)4/h8-13,17H,6-7,14H2,1-5H3,(H,25,29)(H,26,28). The maximum Gasteiger partial charge on any atom is 0.326 e. The Kier molecular flexibility index (Phi) is 9.07. The molecule has 172 valence electrons. The molecule has 0 spiro atoms. The highest BCUT2D eigenvalue weighted by atomic mass is 16.5. The number of carbonyl (C=O) groups excluding carboxylic acids is 3. The molecular weight excluding hydrogens is 412 g/mol. The molecular formula is C24H30N2O6. The fraction of sp³-hybridized carbons (Fsp3) is 0.375. The molecule has 0 aromatic heterocycles. The second-order valence-electron chi connectivity index (χ2n) is 7.10. The number of anilines is 1. The molecule has 0 saturated heterocycles. The summed E-state index contributed by atoms with van der Waals surface area (Å²) in [6.45, 7) is 9.42. The van der Waals surface area contributed by atoms with Crippen molar-refractivity contribution >= 4 is 23.5 Å². The monoisotopic (exact) mass is 442 g/mol. The van der Waals surface area contributed by atoms with E-state index >= 15 is 0 Å². The number of benzene rings is 2. The van der Waals surface area contributed by atoms with Gasteiger partial charge in [-0.05, 0) is 63.9 Å². The number of carbonyl (C=O) groups is 3. The summed E-state index contributed by atoms with van der Waals surface area (Å²) in [5.74, 6) is -0.664. The van der Waals surface area contributed by atoms with Gasteiger partial charge in [0, 0.05) is 11.3 Å². The second kappa shape index (κ2) is 11.7. The van der Waals surface area contributed by atoms with Crippen molar-refractivity contribution in [1.29, 1.82) is 0 Å². The van der Waals surface area contributed by atoms with Gasteiger partial charge in [0.05, 0.1) is 13.2 Å². The van der Waals surface area contributed by atoms with Gasteiger partial charge in [0.2, 0.25) is 0 Å². The number of rotatable bonds is 10. The molecule has 32 heavy (non-hydrogen) atoms. The maximum atomic E-state index is 12.4. The average Bonchev–Trinajstić information content (AvgIpc) is 2.76. The first-order chi connectivity index (χ1) is 15.3. The molecule has 2 rings (SSSR count). The Labute approximate surface area is 188 Å². The number of aryl methyl sites for hydroxylation is 2. The van der Waals surface area contributed by atoms with Crippen LogP contribution in [0.1, 0.15) is 42.3 Å². The molecule has 0 aliphatic carbocycles. The van der Waals surface area contributed by atoms with Crippen molar-refractivity contribution in [3.8, 4) is 11.5 Å². The van der Waals surface area contributed by atoms with Gasteiger partial charge in [0.25, 0.3) is 11.8 Å². The number of hydrogen-bond acceptors (Lipinski definition) is 6.